The summed E-state index contributed by atoms with van der Waals surface area (Å²) in [4.78, 5) is 27.5. The fourth-order valence-electron chi connectivity index (χ4n) is 3.49. The summed E-state index contributed by atoms with van der Waals surface area (Å²) in [6.07, 6.45) is 1.61. The Balaban J connectivity index is 2.42. The van der Waals surface area contributed by atoms with Crippen molar-refractivity contribution >= 4 is 27.5 Å². The molecule has 1 N–H and O–H groups in total. The van der Waals surface area contributed by atoms with Crippen LogP contribution in [0.15, 0.2) is 48.5 Å². The SMILES string of the molecule is CCc1ccccc1N(CC(=O)N(Cc1ccccc1F)[C@@H](C)C(=O)NCC(C)C)S(C)(=O)=O. The van der Waals surface area contributed by atoms with E-state index in [2.05, 4.69) is 5.32 Å². The molecule has 0 heterocycles. The first-order valence-electron chi connectivity index (χ1n) is 11.3. The van der Waals surface area contributed by atoms with Crippen molar-refractivity contribution in [1.29, 1.82) is 0 Å². The van der Waals surface area contributed by atoms with E-state index >= 15 is 0 Å². The van der Waals surface area contributed by atoms with Crippen molar-refractivity contribution in [1.82, 2.24) is 10.2 Å². The minimum absolute atomic E-state index is 0.172. The lowest BCUT2D eigenvalue weighted by molar-refractivity contribution is -0.139. The maximum absolute atomic E-state index is 14.4. The second-order valence-electron chi connectivity index (χ2n) is 8.68. The van der Waals surface area contributed by atoms with E-state index in [9.17, 15) is 22.4 Å². The smallest absolute Gasteiger partial charge is 0.244 e. The van der Waals surface area contributed by atoms with Crippen molar-refractivity contribution in [2.24, 2.45) is 5.92 Å². The third-order valence-corrected chi connectivity index (χ3v) is 6.60. The van der Waals surface area contributed by atoms with Crippen LogP contribution in [0.1, 0.15) is 38.8 Å². The molecular formula is C25H34FN3O4S. The summed E-state index contributed by atoms with van der Waals surface area (Å²) in [5, 5.41) is 2.79. The normalized spacial score (nSPS) is 12.3. The molecule has 1 atom stereocenters. The van der Waals surface area contributed by atoms with Crippen LogP contribution >= 0.6 is 0 Å². The Bertz CT molecular complexity index is 1100. The number of aryl methyl sites for hydroxylation is 1. The molecule has 7 nitrogen and oxygen atoms in total. The van der Waals surface area contributed by atoms with Gasteiger partial charge in [0.25, 0.3) is 0 Å². The van der Waals surface area contributed by atoms with E-state index in [1.54, 1.807) is 37.3 Å². The largest absolute Gasteiger partial charge is 0.354 e. The number of carbonyl (C=O) groups is 2. The summed E-state index contributed by atoms with van der Waals surface area (Å²) in [6.45, 7) is 7.09. The highest BCUT2D eigenvalue weighted by Gasteiger charge is 2.31. The molecule has 0 unspecified atom stereocenters. The number of amides is 2. The van der Waals surface area contributed by atoms with Gasteiger partial charge in [-0.05, 0) is 37.0 Å². The lowest BCUT2D eigenvalue weighted by Crippen LogP contribution is -2.51. The fourth-order valence-corrected chi connectivity index (χ4v) is 4.37. The van der Waals surface area contributed by atoms with Gasteiger partial charge >= 0.3 is 0 Å². The topological polar surface area (TPSA) is 86.8 Å². The molecule has 186 valence electrons. The first kappa shape index (κ1) is 27.3. The molecule has 0 aromatic heterocycles. The zero-order chi connectivity index (χ0) is 25.5. The number of nitrogens with zero attached hydrogens (tertiary/aromatic N) is 2. The van der Waals surface area contributed by atoms with E-state index in [0.29, 0.717) is 18.7 Å². The summed E-state index contributed by atoms with van der Waals surface area (Å²) in [5.41, 5.74) is 1.41. The summed E-state index contributed by atoms with van der Waals surface area (Å²) in [5.74, 6) is -1.30. The van der Waals surface area contributed by atoms with Crippen LogP contribution in [0.5, 0.6) is 0 Å². The van der Waals surface area contributed by atoms with Crippen molar-refractivity contribution in [3.63, 3.8) is 0 Å². The molecule has 0 saturated carbocycles. The van der Waals surface area contributed by atoms with Gasteiger partial charge in [0.1, 0.15) is 18.4 Å². The van der Waals surface area contributed by atoms with E-state index in [4.69, 9.17) is 0 Å². The number of hydrogen-bond donors (Lipinski definition) is 1. The Hall–Kier alpha value is -2.94. The minimum atomic E-state index is -3.82. The summed E-state index contributed by atoms with van der Waals surface area (Å²) >= 11 is 0. The van der Waals surface area contributed by atoms with Gasteiger partial charge in [0.15, 0.2) is 0 Å². The second kappa shape index (κ2) is 12.0. The Morgan fingerprint density at radius 3 is 2.15 bits per heavy atom. The molecule has 2 aromatic rings. The Morgan fingerprint density at radius 1 is 1.00 bits per heavy atom. The zero-order valence-corrected chi connectivity index (χ0v) is 21.2. The van der Waals surface area contributed by atoms with Crippen LogP contribution in [-0.2, 0) is 32.6 Å². The maximum Gasteiger partial charge on any atom is 0.244 e. The second-order valence-corrected chi connectivity index (χ2v) is 10.6. The van der Waals surface area contributed by atoms with Crippen LogP contribution in [-0.4, -0.2) is 50.5 Å². The summed E-state index contributed by atoms with van der Waals surface area (Å²) < 4.78 is 40.8. The molecule has 2 rings (SSSR count). The third-order valence-electron chi connectivity index (χ3n) is 5.47. The standard InChI is InChI=1S/C25H34FN3O4S/c1-6-20-11-8-10-14-23(20)29(34(5,32)33)17-24(30)28(16-21-12-7-9-13-22(21)26)19(4)25(31)27-15-18(2)3/h7-14,18-19H,6,15-17H2,1-5H3,(H,27,31)/t19-/m0/s1. The summed E-state index contributed by atoms with van der Waals surface area (Å²) in [7, 11) is -3.82. The van der Waals surface area contributed by atoms with Gasteiger partial charge < -0.3 is 10.2 Å². The molecule has 0 aliphatic carbocycles. The van der Waals surface area contributed by atoms with Crippen molar-refractivity contribution in [3.8, 4) is 0 Å². The average molecular weight is 492 g/mol. The van der Waals surface area contributed by atoms with Crippen molar-refractivity contribution < 1.29 is 22.4 Å². The number of para-hydroxylation sites is 1. The van der Waals surface area contributed by atoms with Crippen molar-refractivity contribution in [2.45, 2.75) is 46.7 Å². The molecule has 34 heavy (non-hydrogen) atoms. The van der Waals surface area contributed by atoms with Crippen molar-refractivity contribution in [3.05, 3.63) is 65.5 Å². The van der Waals surface area contributed by atoms with E-state index in [1.807, 2.05) is 20.8 Å². The van der Waals surface area contributed by atoms with Crippen LogP contribution in [0.3, 0.4) is 0 Å². The quantitative estimate of drug-likeness (QED) is 0.522. The minimum Gasteiger partial charge on any atom is -0.354 e. The Kier molecular flexibility index (Phi) is 9.61. The van der Waals surface area contributed by atoms with E-state index in [-0.39, 0.29) is 18.0 Å². The number of nitrogens with one attached hydrogen (secondary N) is 1. The highest BCUT2D eigenvalue weighted by Crippen LogP contribution is 2.24. The molecule has 0 aliphatic rings. The molecule has 0 radical (unpaired) electrons. The zero-order valence-electron chi connectivity index (χ0n) is 20.4. The number of benzene rings is 2. The molecule has 9 heteroatoms. The first-order valence-corrected chi connectivity index (χ1v) is 13.2. The number of halogens is 1. The van der Waals surface area contributed by atoms with Gasteiger partial charge in [0.2, 0.25) is 21.8 Å². The van der Waals surface area contributed by atoms with Crippen molar-refractivity contribution in [2.75, 3.05) is 23.7 Å². The van der Waals surface area contributed by atoms with Crippen LogP contribution in [0.4, 0.5) is 10.1 Å². The van der Waals surface area contributed by atoms with Crippen LogP contribution in [0.25, 0.3) is 0 Å². The van der Waals surface area contributed by atoms with Gasteiger partial charge in [-0.15, -0.1) is 0 Å². The van der Waals surface area contributed by atoms with Gasteiger partial charge in [0, 0.05) is 18.7 Å². The molecule has 2 aromatic carbocycles. The third kappa shape index (κ3) is 7.28. The summed E-state index contributed by atoms with van der Waals surface area (Å²) in [6, 6.07) is 12.0. The van der Waals surface area contributed by atoms with E-state index < -0.39 is 40.2 Å². The molecule has 0 aliphatic heterocycles. The van der Waals surface area contributed by atoms with Gasteiger partial charge in [-0.25, -0.2) is 12.8 Å². The molecule has 0 bridgehead atoms. The molecule has 2 amide bonds. The Labute approximate surface area is 202 Å². The molecule has 0 saturated heterocycles. The first-order chi connectivity index (χ1) is 16.0. The highest BCUT2D eigenvalue weighted by atomic mass is 32.2. The van der Waals surface area contributed by atoms with Crippen LogP contribution in [0, 0.1) is 11.7 Å². The van der Waals surface area contributed by atoms with Gasteiger partial charge in [-0.3, -0.25) is 13.9 Å². The predicted molar refractivity (Wildman–Crippen MR) is 132 cm³/mol. The number of sulfonamides is 1. The van der Waals surface area contributed by atoms with Crippen LogP contribution in [0.2, 0.25) is 0 Å². The van der Waals surface area contributed by atoms with Gasteiger partial charge in [0.05, 0.1) is 11.9 Å². The van der Waals surface area contributed by atoms with Crippen LogP contribution < -0.4 is 9.62 Å². The highest BCUT2D eigenvalue weighted by molar-refractivity contribution is 7.92. The number of anilines is 1. The fraction of sp³-hybridized carbons (Fsp3) is 0.440. The average Bonchev–Trinajstić information content (AvgIpc) is 2.79. The van der Waals surface area contributed by atoms with E-state index in [0.717, 1.165) is 16.1 Å². The predicted octanol–water partition coefficient (Wildman–Crippen LogP) is 3.34. The molecule has 0 fully saturated rings. The lowest BCUT2D eigenvalue weighted by atomic mass is 10.1. The molecular weight excluding hydrogens is 457 g/mol. The number of carbonyl (C=O) groups excluding carboxylic acids is 2. The number of hydrogen-bond acceptors (Lipinski definition) is 4. The molecule has 0 spiro atoms. The van der Waals surface area contributed by atoms with Gasteiger partial charge in [-0.1, -0.05) is 57.2 Å². The number of rotatable bonds is 11. The monoisotopic (exact) mass is 491 g/mol. The maximum atomic E-state index is 14.4. The lowest BCUT2D eigenvalue weighted by Gasteiger charge is -2.32. The van der Waals surface area contributed by atoms with Gasteiger partial charge in [-0.2, -0.15) is 0 Å². The van der Waals surface area contributed by atoms with E-state index in [1.165, 1.54) is 23.1 Å². The Morgan fingerprint density at radius 2 is 1.59 bits per heavy atom.